The maximum atomic E-state index is 13.0. The van der Waals surface area contributed by atoms with Gasteiger partial charge in [0.1, 0.15) is 5.75 Å². The molecule has 0 spiro atoms. The first-order valence-electron chi connectivity index (χ1n) is 12.7. The van der Waals surface area contributed by atoms with Crippen molar-refractivity contribution in [1.82, 2.24) is 10.2 Å². The van der Waals surface area contributed by atoms with Crippen molar-refractivity contribution in [2.24, 2.45) is 0 Å². The first-order chi connectivity index (χ1) is 16.2. The van der Waals surface area contributed by atoms with Crippen LogP contribution in [0.1, 0.15) is 77.4 Å². The molecule has 2 aromatic rings. The van der Waals surface area contributed by atoms with E-state index in [-0.39, 0.29) is 11.9 Å². The molecule has 33 heavy (non-hydrogen) atoms. The normalized spacial score (nSPS) is 20.5. The van der Waals surface area contributed by atoms with Gasteiger partial charge >= 0.3 is 0 Å². The summed E-state index contributed by atoms with van der Waals surface area (Å²) >= 11 is 1.99. The maximum absolute atomic E-state index is 13.0. The lowest BCUT2D eigenvalue weighted by atomic mass is 9.88. The molecule has 1 aromatic heterocycles. The lowest BCUT2D eigenvalue weighted by Gasteiger charge is -2.36. The quantitative estimate of drug-likeness (QED) is 0.543. The van der Waals surface area contributed by atoms with E-state index in [1.807, 2.05) is 23.5 Å². The molecule has 5 heteroatoms. The van der Waals surface area contributed by atoms with Gasteiger partial charge in [0, 0.05) is 28.4 Å². The number of allylic oxidation sites excluding steroid dienone is 1. The Bertz CT molecular complexity index is 1020. The van der Waals surface area contributed by atoms with E-state index in [9.17, 15) is 4.79 Å². The number of para-hydroxylation sites is 1. The number of carbonyl (C=O) groups is 1. The molecular weight excluding hydrogens is 428 g/mol. The van der Waals surface area contributed by atoms with E-state index in [0.717, 1.165) is 31.7 Å². The number of carbonyl (C=O) groups excluding carboxylic acids is 1. The Morgan fingerprint density at radius 2 is 1.94 bits per heavy atom. The number of aryl methyl sites for hydroxylation is 1. The molecule has 0 radical (unpaired) electrons. The second-order valence-electron chi connectivity index (χ2n) is 9.63. The lowest BCUT2D eigenvalue weighted by molar-refractivity contribution is -0.122. The fourth-order valence-corrected chi connectivity index (χ4v) is 7.43. The van der Waals surface area contributed by atoms with Crippen molar-refractivity contribution in [2.45, 2.75) is 70.3 Å². The van der Waals surface area contributed by atoms with Crippen LogP contribution in [0.15, 0.2) is 35.9 Å². The van der Waals surface area contributed by atoms with Gasteiger partial charge in [0.25, 0.3) is 0 Å². The fourth-order valence-electron chi connectivity index (χ4n) is 5.83. The van der Waals surface area contributed by atoms with E-state index in [2.05, 4.69) is 28.4 Å². The molecular formula is C28H36N2O2S. The number of hydrogen-bond donors (Lipinski definition) is 1. The van der Waals surface area contributed by atoms with Crippen molar-refractivity contribution in [3.63, 3.8) is 0 Å². The summed E-state index contributed by atoms with van der Waals surface area (Å²) < 4.78 is 5.77. The van der Waals surface area contributed by atoms with Crippen LogP contribution in [0.3, 0.4) is 0 Å². The Morgan fingerprint density at radius 1 is 1.09 bits per heavy atom. The molecule has 1 aromatic carbocycles. The molecule has 176 valence electrons. The number of hydrogen-bond acceptors (Lipinski definition) is 4. The largest absolute Gasteiger partial charge is 0.496 e. The zero-order chi connectivity index (χ0) is 22.6. The second-order valence-corrected chi connectivity index (χ2v) is 10.8. The number of nitrogens with one attached hydrogen (secondary N) is 1. The Morgan fingerprint density at radius 3 is 2.79 bits per heavy atom. The van der Waals surface area contributed by atoms with Crippen LogP contribution in [-0.2, 0) is 24.1 Å². The Labute approximate surface area is 202 Å². The molecule has 2 aliphatic carbocycles. The highest BCUT2D eigenvalue weighted by molar-refractivity contribution is 7.12. The highest BCUT2D eigenvalue weighted by atomic mass is 32.1. The number of rotatable bonds is 7. The molecule has 1 aliphatic heterocycles. The number of benzene rings is 1. The monoisotopic (exact) mass is 464 g/mol. The Hall–Kier alpha value is -2.11. The van der Waals surface area contributed by atoms with Gasteiger partial charge in [-0.1, -0.05) is 29.8 Å². The van der Waals surface area contributed by atoms with E-state index in [4.69, 9.17) is 4.74 Å². The fraction of sp³-hybridized carbons (Fsp3) is 0.536. The van der Waals surface area contributed by atoms with Gasteiger partial charge in [-0.3, -0.25) is 9.69 Å². The summed E-state index contributed by atoms with van der Waals surface area (Å²) in [6.45, 7) is 2.09. The number of thiophene rings is 1. The van der Waals surface area contributed by atoms with Gasteiger partial charge in [-0.05, 0) is 81.4 Å². The predicted octanol–water partition coefficient (Wildman–Crippen LogP) is 5.59. The number of ether oxygens (including phenoxy) is 1. The molecule has 1 amide bonds. The molecule has 2 heterocycles. The molecule has 1 N–H and O–H groups in total. The van der Waals surface area contributed by atoms with Gasteiger partial charge in [-0.2, -0.15) is 0 Å². The van der Waals surface area contributed by atoms with E-state index in [1.165, 1.54) is 67.4 Å². The standard InChI is InChI=1S/C28H36N2O2S/c1-32-24-13-7-5-12-23(24)27-28-22(21-11-6-8-14-25(21)33-28)16-18-30(27)19-26(31)29-17-15-20-9-3-2-4-10-20/h5,7,9,12-13,27H,2-4,6,8,10-11,14-19H2,1H3,(H,29,31)/t27-/m1/s1. The van der Waals surface area contributed by atoms with E-state index >= 15 is 0 Å². The number of nitrogens with zero attached hydrogens (tertiary/aromatic N) is 1. The highest BCUT2D eigenvalue weighted by Gasteiger charge is 2.36. The molecule has 3 aliphatic rings. The topological polar surface area (TPSA) is 41.6 Å². The molecule has 0 saturated heterocycles. The average molecular weight is 465 g/mol. The summed E-state index contributed by atoms with van der Waals surface area (Å²) in [7, 11) is 1.75. The van der Waals surface area contributed by atoms with E-state index in [1.54, 1.807) is 23.1 Å². The van der Waals surface area contributed by atoms with Crippen molar-refractivity contribution in [1.29, 1.82) is 0 Å². The molecule has 1 atom stereocenters. The van der Waals surface area contributed by atoms with Crippen LogP contribution >= 0.6 is 11.3 Å². The highest BCUT2D eigenvalue weighted by Crippen LogP contribution is 2.46. The summed E-state index contributed by atoms with van der Waals surface area (Å²) in [5.74, 6) is 1.05. The predicted molar refractivity (Wildman–Crippen MR) is 135 cm³/mol. The van der Waals surface area contributed by atoms with Gasteiger partial charge < -0.3 is 10.1 Å². The minimum Gasteiger partial charge on any atom is -0.496 e. The van der Waals surface area contributed by atoms with Crippen LogP contribution in [0, 0.1) is 0 Å². The van der Waals surface area contributed by atoms with Gasteiger partial charge in [0.15, 0.2) is 0 Å². The van der Waals surface area contributed by atoms with Gasteiger partial charge in [-0.25, -0.2) is 0 Å². The summed E-state index contributed by atoms with van der Waals surface area (Å²) in [6.07, 6.45) is 14.4. The van der Waals surface area contributed by atoms with Gasteiger partial charge in [0.05, 0.1) is 19.7 Å². The van der Waals surface area contributed by atoms with Crippen molar-refractivity contribution in [3.05, 3.63) is 62.4 Å². The average Bonchev–Trinajstić information content (AvgIpc) is 3.23. The summed E-state index contributed by atoms with van der Waals surface area (Å²) in [4.78, 5) is 18.4. The van der Waals surface area contributed by atoms with Crippen molar-refractivity contribution >= 4 is 17.2 Å². The van der Waals surface area contributed by atoms with Crippen LogP contribution in [0.25, 0.3) is 0 Å². The molecule has 0 bridgehead atoms. The SMILES string of the molecule is COc1ccccc1[C@@H]1c2sc3c(c2CCN1CC(=O)NCCC1=CCCCC1)CCCC3. The molecule has 0 unspecified atom stereocenters. The zero-order valence-corrected chi connectivity index (χ0v) is 20.6. The van der Waals surface area contributed by atoms with Crippen molar-refractivity contribution in [3.8, 4) is 5.75 Å². The summed E-state index contributed by atoms with van der Waals surface area (Å²) in [6, 6.07) is 8.44. The van der Waals surface area contributed by atoms with Crippen LogP contribution in [0.5, 0.6) is 5.75 Å². The molecule has 0 fully saturated rings. The van der Waals surface area contributed by atoms with Crippen molar-refractivity contribution in [2.75, 3.05) is 26.7 Å². The smallest absolute Gasteiger partial charge is 0.234 e. The first-order valence-corrected chi connectivity index (χ1v) is 13.5. The minimum absolute atomic E-state index is 0.0901. The van der Waals surface area contributed by atoms with Gasteiger partial charge in [-0.15, -0.1) is 11.3 Å². The third kappa shape index (κ3) is 4.90. The number of methoxy groups -OCH3 is 1. The minimum atomic E-state index is 0.0901. The van der Waals surface area contributed by atoms with Crippen LogP contribution in [0.4, 0.5) is 0 Å². The number of amides is 1. The first kappa shape index (κ1) is 22.7. The maximum Gasteiger partial charge on any atom is 0.234 e. The number of fused-ring (bicyclic) bond motifs is 3. The molecule has 5 rings (SSSR count). The van der Waals surface area contributed by atoms with E-state index < -0.39 is 0 Å². The third-order valence-electron chi connectivity index (χ3n) is 7.51. The van der Waals surface area contributed by atoms with Crippen molar-refractivity contribution < 1.29 is 9.53 Å². The van der Waals surface area contributed by atoms with Gasteiger partial charge in [0.2, 0.25) is 5.91 Å². The summed E-state index contributed by atoms with van der Waals surface area (Å²) in [5, 5.41) is 3.20. The Kier molecular flexibility index (Phi) is 7.17. The van der Waals surface area contributed by atoms with Crippen LogP contribution in [0.2, 0.25) is 0 Å². The lowest BCUT2D eigenvalue weighted by Crippen LogP contribution is -2.43. The van der Waals surface area contributed by atoms with Crippen LogP contribution in [-0.4, -0.2) is 37.6 Å². The Balaban J connectivity index is 1.36. The second kappa shape index (κ2) is 10.4. The summed E-state index contributed by atoms with van der Waals surface area (Å²) in [5.41, 5.74) is 5.87. The van der Waals surface area contributed by atoms with Crippen LogP contribution < -0.4 is 10.1 Å². The van der Waals surface area contributed by atoms with E-state index in [0.29, 0.717) is 6.54 Å². The molecule has 0 saturated carbocycles. The third-order valence-corrected chi connectivity index (χ3v) is 8.89. The zero-order valence-electron chi connectivity index (χ0n) is 19.8. The molecule has 4 nitrogen and oxygen atoms in total.